The van der Waals surface area contributed by atoms with Gasteiger partial charge in [-0.05, 0) is 19.4 Å². The zero-order chi connectivity index (χ0) is 12.3. The van der Waals surface area contributed by atoms with E-state index < -0.39 is 0 Å². The number of hydrogen-bond acceptors (Lipinski definition) is 4. The molecule has 1 fully saturated rings. The number of aryl methyl sites for hydroxylation is 1. The molecule has 0 aromatic carbocycles. The van der Waals surface area contributed by atoms with E-state index in [2.05, 4.69) is 22.3 Å². The SMILES string of the molecule is CCCC1(C(=O)Cc2ncnn2C)CCNC1. The molecule has 0 radical (unpaired) electrons. The molecule has 2 heterocycles. The average molecular weight is 236 g/mol. The van der Waals surface area contributed by atoms with Crippen LogP contribution < -0.4 is 5.32 Å². The summed E-state index contributed by atoms with van der Waals surface area (Å²) in [6.07, 6.45) is 4.88. The molecule has 2 rings (SSSR count). The molecule has 1 N–H and O–H groups in total. The van der Waals surface area contributed by atoms with E-state index in [1.54, 1.807) is 4.68 Å². The van der Waals surface area contributed by atoms with Crippen molar-refractivity contribution in [3.05, 3.63) is 12.2 Å². The minimum atomic E-state index is -0.166. The lowest BCUT2D eigenvalue weighted by atomic mass is 9.77. The predicted octanol–water partition coefficient (Wildman–Crippen LogP) is 0.706. The van der Waals surface area contributed by atoms with Gasteiger partial charge < -0.3 is 5.32 Å². The summed E-state index contributed by atoms with van der Waals surface area (Å²) in [6.45, 7) is 3.90. The minimum absolute atomic E-state index is 0.166. The largest absolute Gasteiger partial charge is 0.316 e. The maximum absolute atomic E-state index is 12.5. The fourth-order valence-electron chi connectivity index (χ4n) is 2.62. The molecule has 1 aromatic heterocycles. The van der Waals surface area contributed by atoms with E-state index in [1.807, 2.05) is 7.05 Å². The van der Waals surface area contributed by atoms with Crippen LogP contribution in [-0.2, 0) is 18.3 Å². The zero-order valence-corrected chi connectivity index (χ0v) is 10.6. The van der Waals surface area contributed by atoms with Crippen molar-refractivity contribution in [2.75, 3.05) is 13.1 Å². The van der Waals surface area contributed by atoms with Crippen LogP contribution in [0.2, 0.25) is 0 Å². The first kappa shape index (κ1) is 12.2. The second-order valence-corrected chi connectivity index (χ2v) is 4.86. The van der Waals surface area contributed by atoms with E-state index in [9.17, 15) is 4.79 Å². The number of rotatable bonds is 5. The van der Waals surface area contributed by atoms with Gasteiger partial charge in [0.05, 0.1) is 6.42 Å². The summed E-state index contributed by atoms with van der Waals surface area (Å²) in [5, 5.41) is 7.31. The Morgan fingerprint density at radius 3 is 3.00 bits per heavy atom. The Morgan fingerprint density at radius 2 is 2.47 bits per heavy atom. The maximum Gasteiger partial charge on any atom is 0.147 e. The molecule has 1 aromatic rings. The summed E-state index contributed by atoms with van der Waals surface area (Å²) >= 11 is 0. The Labute approximate surface area is 102 Å². The maximum atomic E-state index is 12.5. The van der Waals surface area contributed by atoms with Crippen molar-refractivity contribution in [3.8, 4) is 0 Å². The first-order valence-electron chi connectivity index (χ1n) is 6.25. The number of hydrogen-bond donors (Lipinski definition) is 1. The highest BCUT2D eigenvalue weighted by Crippen LogP contribution is 2.33. The number of nitrogens with one attached hydrogen (secondary N) is 1. The Kier molecular flexibility index (Phi) is 3.57. The molecule has 1 atom stereocenters. The number of ketones is 1. The van der Waals surface area contributed by atoms with Crippen molar-refractivity contribution in [2.45, 2.75) is 32.6 Å². The van der Waals surface area contributed by atoms with Gasteiger partial charge in [0.25, 0.3) is 0 Å². The van der Waals surface area contributed by atoms with Crippen LogP contribution in [0.25, 0.3) is 0 Å². The second kappa shape index (κ2) is 4.96. The lowest BCUT2D eigenvalue weighted by molar-refractivity contribution is -0.127. The van der Waals surface area contributed by atoms with Crippen molar-refractivity contribution >= 4 is 5.78 Å². The van der Waals surface area contributed by atoms with Gasteiger partial charge in [0.15, 0.2) is 0 Å². The molecule has 17 heavy (non-hydrogen) atoms. The topological polar surface area (TPSA) is 59.8 Å². The molecule has 5 nitrogen and oxygen atoms in total. The predicted molar refractivity (Wildman–Crippen MR) is 64.5 cm³/mol. The monoisotopic (exact) mass is 236 g/mol. The molecule has 1 aliphatic rings. The average Bonchev–Trinajstić information content (AvgIpc) is 2.91. The molecule has 1 aliphatic heterocycles. The highest BCUT2D eigenvalue weighted by atomic mass is 16.1. The fourth-order valence-corrected chi connectivity index (χ4v) is 2.62. The number of carbonyl (C=O) groups excluding carboxylic acids is 1. The van der Waals surface area contributed by atoms with Crippen molar-refractivity contribution in [1.82, 2.24) is 20.1 Å². The third-order valence-electron chi connectivity index (χ3n) is 3.69. The summed E-state index contributed by atoms with van der Waals surface area (Å²) < 4.78 is 1.68. The van der Waals surface area contributed by atoms with Crippen LogP contribution in [0.1, 0.15) is 32.0 Å². The first-order chi connectivity index (χ1) is 8.18. The van der Waals surface area contributed by atoms with Crippen molar-refractivity contribution in [1.29, 1.82) is 0 Å². The highest BCUT2D eigenvalue weighted by Gasteiger charge is 2.40. The van der Waals surface area contributed by atoms with E-state index >= 15 is 0 Å². The first-order valence-corrected chi connectivity index (χ1v) is 6.25. The van der Waals surface area contributed by atoms with Gasteiger partial charge in [-0.25, -0.2) is 4.98 Å². The third kappa shape index (κ3) is 2.39. The normalized spacial score (nSPS) is 24.1. The van der Waals surface area contributed by atoms with Crippen LogP contribution in [0.3, 0.4) is 0 Å². The van der Waals surface area contributed by atoms with Gasteiger partial charge in [0.1, 0.15) is 17.9 Å². The molecule has 0 aliphatic carbocycles. The Balaban J connectivity index is 2.10. The smallest absolute Gasteiger partial charge is 0.147 e. The Morgan fingerprint density at radius 1 is 1.65 bits per heavy atom. The van der Waals surface area contributed by atoms with E-state index in [4.69, 9.17) is 0 Å². The van der Waals surface area contributed by atoms with Gasteiger partial charge in [-0.2, -0.15) is 5.10 Å². The molecule has 1 unspecified atom stereocenters. The van der Waals surface area contributed by atoms with Crippen molar-refractivity contribution in [2.24, 2.45) is 12.5 Å². The van der Waals surface area contributed by atoms with Gasteiger partial charge in [-0.3, -0.25) is 9.48 Å². The van der Waals surface area contributed by atoms with Gasteiger partial charge in [0, 0.05) is 19.0 Å². The minimum Gasteiger partial charge on any atom is -0.316 e. The summed E-state index contributed by atoms with van der Waals surface area (Å²) in [7, 11) is 1.83. The molecule has 0 saturated carbocycles. The zero-order valence-electron chi connectivity index (χ0n) is 10.6. The van der Waals surface area contributed by atoms with Crippen LogP contribution in [0.4, 0.5) is 0 Å². The molecule has 1 saturated heterocycles. The van der Waals surface area contributed by atoms with Crippen LogP contribution in [0.15, 0.2) is 6.33 Å². The highest BCUT2D eigenvalue weighted by molar-refractivity contribution is 5.86. The van der Waals surface area contributed by atoms with Crippen LogP contribution in [0.5, 0.6) is 0 Å². The van der Waals surface area contributed by atoms with Crippen LogP contribution >= 0.6 is 0 Å². The lowest BCUT2D eigenvalue weighted by Crippen LogP contribution is -2.35. The molecular formula is C12H20N4O. The van der Waals surface area contributed by atoms with Crippen LogP contribution in [-0.4, -0.2) is 33.6 Å². The quantitative estimate of drug-likeness (QED) is 0.818. The van der Waals surface area contributed by atoms with Crippen molar-refractivity contribution < 1.29 is 4.79 Å². The number of nitrogens with zero attached hydrogens (tertiary/aromatic N) is 3. The van der Waals surface area contributed by atoms with Gasteiger partial charge in [-0.15, -0.1) is 0 Å². The number of aromatic nitrogens is 3. The Hall–Kier alpha value is -1.23. The lowest BCUT2D eigenvalue weighted by Gasteiger charge is -2.25. The summed E-state index contributed by atoms with van der Waals surface area (Å²) in [6, 6.07) is 0. The summed E-state index contributed by atoms with van der Waals surface area (Å²) in [5.41, 5.74) is -0.166. The van der Waals surface area contributed by atoms with Crippen molar-refractivity contribution in [3.63, 3.8) is 0 Å². The molecule has 94 valence electrons. The molecule has 0 spiro atoms. The molecule has 0 bridgehead atoms. The molecule has 0 amide bonds. The molecule has 5 heteroatoms. The van der Waals surface area contributed by atoms with E-state index in [0.717, 1.165) is 38.2 Å². The van der Waals surface area contributed by atoms with Gasteiger partial charge in [0.2, 0.25) is 0 Å². The van der Waals surface area contributed by atoms with Gasteiger partial charge in [-0.1, -0.05) is 13.3 Å². The van der Waals surface area contributed by atoms with Crippen LogP contribution in [0, 0.1) is 5.41 Å². The summed E-state index contributed by atoms with van der Waals surface area (Å²) in [5.74, 6) is 1.07. The third-order valence-corrected chi connectivity index (χ3v) is 3.69. The standard InChI is InChI=1S/C12H20N4O/c1-3-4-12(5-6-13-8-12)10(17)7-11-14-9-15-16(11)2/h9,13H,3-8H2,1-2H3. The van der Waals surface area contributed by atoms with Gasteiger partial charge >= 0.3 is 0 Å². The van der Waals surface area contributed by atoms with E-state index in [0.29, 0.717) is 12.2 Å². The summed E-state index contributed by atoms with van der Waals surface area (Å²) in [4.78, 5) is 16.6. The Bertz CT molecular complexity index is 393. The molecular weight excluding hydrogens is 216 g/mol. The second-order valence-electron chi connectivity index (χ2n) is 4.86. The van der Waals surface area contributed by atoms with E-state index in [1.165, 1.54) is 6.33 Å². The number of Topliss-reactive ketones (excluding diaryl/α,β-unsaturated/α-hetero) is 1. The fraction of sp³-hybridized carbons (Fsp3) is 0.750. The van der Waals surface area contributed by atoms with E-state index in [-0.39, 0.29) is 5.41 Å². The number of carbonyl (C=O) groups is 1.